The van der Waals surface area contributed by atoms with Gasteiger partial charge in [0.25, 0.3) is 0 Å². The number of ether oxygens (including phenoxy) is 1. The molecule has 0 bridgehead atoms. The van der Waals surface area contributed by atoms with Crippen LogP contribution in [0.2, 0.25) is 0 Å². The van der Waals surface area contributed by atoms with Gasteiger partial charge in [0.15, 0.2) is 5.82 Å². The smallest absolute Gasteiger partial charge is 0.216 e. The van der Waals surface area contributed by atoms with Crippen LogP contribution in [0.4, 0.5) is 0 Å². The van der Waals surface area contributed by atoms with Crippen molar-refractivity contribution in [2.24, 2.45) is 5.10 Å². The summed E-state index contributed by atoms with van der Waals surface area (Å²) in [7, 11) is 0. The van der Waals surface area contributed by atoms with Crippen LogP contribution in [0.3, 0.4) is 0 Å². The summed E-state index contributed by atoms with van der Waals surface area (Å²) in [6, 6.07) is 14.4. The summed E-state index contributed by atoms with van der Waals surface area (Å²) >= 11 is 5.28. The van der Waals surface area contributed by atoms with Crippen LogP contribution in [0.5, 0.6) is 5.75 Å². The van der Waals surface area contributed by atoms with Crippen LogP contribution >= 0.6 is 12.2 Å². The number of rotatable bonds is 6. The van der Waals surface area contributed by atoms with Crippen LogP contribution in [0, 0.1) is 18.6 Å². The highest BCUT2D eigenvalue weighted by Gasteiger charge is 2.07. The first-order valence-corrected chi connectivity index (χ1v) is 8.97. The molecule has 1 N–H and O–H groups in total. The van der Waals surface area contributed by atoms with Gasteiger partial charge in [-0.25, -0.2) is 5.10 Å². The molecule has 1 aromatic heterocycles. The van der Waals surface area contributed by atoms with Gasteiger partial charge in [-0.05, 0) is 55.2 Å². The second kappa shape index (κ2) is 8.10. The normalized spacial score (nSPS) is 11.2. The number of benzene rings is 2. The molecule has 0 atom stereocenters. The lowest BCUT2D eigenvalue weighted by molar-refractivity contribution is 0.288. The Morgan fingerprint density at radius 1 is 1.19 bits per heavy atom. The van der Waals surface area contributed by atoms with Crippen LogP contribution in [-0.2, 0) is 13.0 Å². The van der Waals surface area contributed by atoms with Crippen LogP contribution in [-0.4, -0.2) is 21.1 Å². The summed E-state index contributed by atoms with van der Waals surface area (Å²) in [5.74, 6) is 1.45. The molecule has 0 saturated heterocycles. The molecular formula is C20H22N4OS. The average Bonchev–Trinajstić information content (AvgIpc) is 2.99. The van der Waals surface area contributed by atoms with E-state index in [0.717, 1.165) is 23.3 Å². The number of nitrogens with one attached hydrogen (secondary N) is 1. The van der Waals surface area contributed by atoms with Gasteiger partial charge in [0.2, 0.25) is 4.77 Å². The number of aromatic nitrogens is 3. The van der Waals surface area contributed by atoms with E-state index in [0.29, 0.717) is 10.6 Å². The Labute approximate surface area is 158 Å². The quantitative estimate of drug-likeness (QED) is 0.513. The van der Waals surface area contributed by atoms with Gasteiger partial charge >= 0.3 is 0 Å². The zero-order valence-corrected chi connectivity index (χ0v) is 16.0. The molecule has 0 aliphatic heterocycles. The second-order valence-corrected chi connectivity index (χ2v) is 6.54. The fourth-order valence-corrected chi connectivity index (χ4v) is 2.80. The van der Waals surface area contributed by atoms with Gasteiger partial charge in [-0.1, -0.05) is 48.9 Å². The first-order valence-electron chi connectivity index (χ1n) is 8.56. The highest BCUT2D eigenvalue weighted by molar-refractivity contribution is 7.71. The number of aryl methyl sites for hydroxylation is 3. The molecule has 0 fully saturated rings. The largest absolute Gasteiger partial charge is 0.485 e. The summed E-state index contributed by atoms with van der Waals surface area (Å²) in [6.07, 6.45) is 2.79. The Balaban J connectivity index is 1.75. The monoisotopic (exact) mass is 366 g/mol. The van der Waals surface area contributed by atoms with Crippen molar-refractivity contribution in [3.63, 3.8) is 0 Å². The Kier molecular flexibility index (Phi) is 5.63. The number of nitrogens with zero attached hydrogens (tertiary/aromatic N) is 3. The summed E-state index contributed by atoms with van der Waals surface area (Å²) in [4.78, 5) is 0. The Hall–Kier alpha value is -2.73. The number of hydrogen-bond acceptors (Lipinski definition) is 4. The zero-order valence-electron chi connectivity index (χ0n) is 15.2. The van der Waals surface area contributed by atoms with Crippen molar-refractivity contribution in [3.05, 3.63) is 75.3 Å². The number of hydrogen-bond donors (Lipinski definition) is 1. The van der Waals surface area contributed by atoms with E-state index in [1.807, 2.05) is 31.2 Å². The van der Waals surface area contributed by atoms with E-state index in [2.05, 4.69) is 47.3 Å². The van der Waals surface area contributed by atoms with E-state index >= 15 is 0 Å². The lowest BCUT2D eigenvalue weighted by atomic mass is 10.1. The van der Waals surface area contributed by atoms with Gasteiger partial charge < -0.3 is 4.74 Å². The highest BCUT2D eigenvalue weighted by atomic mass is 32.1. The van der Waals surface area contributed by atoms with Crippen LogP contribution in [0.25, 0.3) is 0 Å². The van der Waals surface area contributed by atoms with Crippen molar-refractivity contribution in [2.45, 2.75) is 33.8 Å². The van der Waals surface area contributed by atoms with E-state index in [1.54, 1.807) is 10.9 Å². The van der Waals surface area contributed by atoms with Gasteiger partial charge in [-0.3, -0.25) is 0 Å². The minimum atomic E-state index is 0.281. The van der Waals surface area contributed by atoms with Crippen LogP contribution in [0.15, 0.2) is 47.6 Å². The molecule has 1 heterocycles. The molecule has 6 heteroatoms. The van der Waals surface area contributed by atoms with Crippen molar-refractivity contribution in [1.82, 2.24) is 14.9 Å². The van der Waals surface area contributed by atoms with Crippen molar-refractivity contribution < 1.29 is 4.74 Å². The molecular weight excluding hydrogens is 344 g/mol. The first-order chi connectivity index (χ1) is 12.6. The fraction of sp³-hybridized carbons (Fsp3) is 0.250. The summed E-state index contributed by atoms with van der Waals surface area (Å²) < 4.78 is 7.92. The van der Waals surface area contributed by atoms with Gasteiger partial charge in [0, 0.05) is 0 Å². The Bertz CT molecular complexity index is 970. The van der Waals surface area contributed by atoms with Crippen LogP contribution in [0.1, 0.15) is 35.0 Å². The molecule has 3 aromatic rings. The van der Waals surface area contributed by atoms with Crippen LogP contribution < -0.4 is 4.74 Å². The standard InChI is InChI=1S/C20H22N4OS/c1-4-16-6-8-17(9-7-16)12-21-24-19(22-23-20(24)26)13-25-18-10-5-14(2)11-15(18)3/h5-12H,4,13H2,1-3H3,(H,23,26)/b21-12-. The Morgan fingerprint density at radius 3 is 2.65 bits per heavy atom. The summed E-state index contributed by atoms with van der Waals surface area (Å²) in [5.41, 5.74) is 4.59. The van der Waals surface area contributed by atoms with Crippen molar-refractivity contribution in [1.29, 1.82) is 0 Å². The van der Waals surface area contributed by atoms with Gasteiger partial charge in [-0.15, -0.1) is 0 Å². The average molecular weight is 366 g/mol. The van der Waals surface area contributed by atoms with Gasteiger partial charge in [0.05, 0.1) is 6.21 Å². The third kappa shape index (κ3) is 4.26. The molecule has 0 radical (unpaired) electrons. The third-order valence-corrected chi connectivity index (χ3v) is 4.38. The molecule has 0 amide bonds. The number of H-pyrrole nitrogens is 1. The second-order valence-electron chi connectivity index (χ2n) is 6.15. The molecule has 0 spiro atoms. The first kappa shape index (κ1) is 18.1. The SMILES string of the molecule is CCc1ccc(/C=N\n2c(COc3ccc(C)cc3C)n[nH]c2=S)cc1. The van der Waals surface area contributed by atoms with E-state index in [1.165, 1.54) is 11.1 Å². The van der Waals surface area contributed by atoms with E-state index < -0.39 is 0 Å². The van der Waals surface area contributed by atoms with Crippen molar-refractivity contribution in [3.8, 4) is 5.75 Å². The summed E-state index contributed by atoms with van der Waals surface area (Å²) in [5, 5.41) is 11.5. The maximum Gasteiger partial charge on any atom is 0.216 e. The lowest BCUT2D eigenvalue weighted by Gasteiger charge is -2.09. The zero-order chi connectivity index (χ0) is 18.5. The predicted octanol–water partition coefficient (Wildman–Crippen LogP) is 4.58. The topological polar surface area (TPSA) is 55.2 Å². The molecule has 26 heavy (non-hydrogen) atoms. The maximum atomic E-state index is 5.89. The molecule has 0 saturated carbocycles. The fourth-order valence-electron chi connectivity index (χ4n) is 2.60. The minimum absolute atomic E-state index is 0.281. The lowest BCUT2D eigenvalue weighted by Crippen LogP contribution is -2.05. The highest BCUT2D eigenvalue weighted by Crippen LogP contribution is 2.19. The van der Waals surface area contributed by atoms with E-state index in [4.69, 9.17) is 17.0 Å². The Morgan fingerprint density at radius 2 is 1.96 bits per heavy atom. The maximum absolute atomic E-state index is 5.89. The number of aromatic amines is 1. The van der Waals surface area contributed by atoms with E-state index in [-0.39, 0.29) is 6.61 Å². The molecule has 2 aromatic carbocycles. The summed E-state index contributed by atoms with van der Waals surface area (Å²) in [6.45, 7) is 6.50. The van der Waals surface area contributed by atoms with Crippen molar-refractivity contribution in [2.75, 3.05) is 0 Å². The van der Waals surface area contributed by atoms with Crippen molar-refractivity contribution >= 4 is 18.4 Å². The molecule has 0 aliphatic rings. The third-order valence-electron chi connectivity index (χ3n) is 4.11. The van der Waals surface area contributed by atoms with E-state index in [9.17, 15) is 0 Å². The molecule has 3 rings (SSSR count). The molecule has 0 unspecified atom stereocenters. The van der Waals surface area contributed by atoms with Gasteiger partial charge in [0.1, 0.15) is 12.4 Å². The predicted molar refractivity (Wildman–Crippen MR) is 106 cm³/mol. The molecule has 5 nitrogen and oxygen atoms in total. The molecule has 134 valence electrons. The molecule has 0 aliphatic carbocycles. The van der Waals surface area contributed by atoms with Gasteiger partial charge in [-0.2, -0.15) is 14.9 Å². The minimum Gasteiger partial charge on any atom is -0.485 e.